The normalized spacial score (nSPS) is 17.1. The van der Waals surface area contributed by atoms with Crippen LogP contribution >= 0.6 is 12.4 Å². The number of piperidine rings is 1. The number of carbonyl (C=O) groups is 2. The molecule has 0 spiro atoms. The van der Waals surface area contributed by atoms with Gasteiger partial charge in [0.05, 0.1) is 19.4 Å². The summed E-state index contributed by atoms with van der Waals surface area (Å²) in [4.78, 5) is 28.6. The quantitative estimate of drug-likeness (QED) is 0.272. The number of nitrogens with zero attached hydrogens (tertiary/aromatic N) is 1. The molecule has 0 saturated carbocycles. The van der Waals surface area contributed by atoms with Gasteiger partial charge in [-0.1, -0.05) is 13.0 Å². The van der Waals surface area contributed by atoms with E-state index >= 15 is 4.39 Å². The maximum Gasteiger partial charge on any atom is 0.227 e. The van der Waals surface area contributed by atoms with E-state index in [1.54, 1.807) is 19.2 Å². The van der Waals surface area contributed by atoms with Crippen molar-refractivity contribution in [2.24, 2.45) is 0 Å². The summed E-state index contributed by atoms with van der Waals surface area (Å²) in [6.07, 6.45) is 5.40. The number of methoxy groups -OCH3 is 1. The zero-order valence-corrected chi connectivity index (χ0v) is 28.1. The third-order valence-corrected chi connectivity index (χ3v) is 8.56. The van der Waals surface area contributed by atoms with E-state index in [1.165, 1.54) is 6.07 Å². The molecule has 0 aromatic heterocycles. The number of amides is 2. The van der Waals surface area contributed by atoms with E-state index in [4.69, 9.17) is 14.2 Å². The Morgan fingerprint density at radius 3 is 2.51 bits per heavy atom. The monoisotopic (exact) mass is 647 g/mol. The number of aryl methyl sites for hydroxylation is 1. The van der Waals surface area contributed by atoms with Crippen molar-refractivity contribution >= 4 is 24.2 Å². The van der Waals surface area contributed by atoms with Gasteiger partial charge in [-0.15, -0.1) is 12.4 Å². The molecule has 2 aromatic rings. The molecule has 2 amide bonds. The number of hydrogen-bond acceptors (Lipinski definition) is 6. The van der Waals surface area contributed by atoms with E-state index in [-0.39, 0.29) is 61.0 Å². The molecule has 2 aromatic carbocycles. The molecule has 250 valence electrons. The average Bonchev–Trinajstić information content (AvgIpc) is 3.01. The molecule has 2 aliphatic rings. The van der Waals surface area contributed by atoms with Crippen molar-refractivity contribution in [3.63, 3.8) is 0 Å². The van der Waals surface area contributed by atoms with Crippen molar-refractivity contribution in [1.29, 1.82) is 0 Å². The maximum absolute atomic E-state index is 15.5. The summed E-state index contributed by atoms with van der Waals surface area (Å²) in [6, 6.07) is 9.07. The van der Waals surface area contributed by atoms with Gasteiger partial charge in [-0.2, -0.15) is 0 Å². The smallest absolute Gasteiger partial charge is 0.227 e. The highest BCUT2D eigenvalue weighted by Crippen LogP contribution is 2.36. The van der Waals surface area contributed by atoms with Gasteiger partial charge in [0, 0.05) is 69.1 Å². The third-order valence-electron chi connectivity index (χ3n) is 8.56. The topological polar surface area (TPSA) is 89.1 Å². The minimum absolute atomic E-state index is 0. The fraction of sp³-hybridized carbons (Fsp3) is 0.600. The lowest BCUT2D eigenvalue weighted by Crippen LogP contribution is -2.52. The SMILES string of the molecule is CCc1cc(-c2cc(CC(=O)NC3CCOCC3)ccc2F)c(OCCCOC)cc1CC(=O)N(C(C)C)[C@@H]1CCCNC1.Cl. The molecule has 10 heteroatoms. The standard InChI is InChI=1S/C35H50FN3O5.ClH/c1-5-26-20-31(30-18-25(9-10-32(30)36)19-34(40)38-28-11-16-43-17-12-28)33(44-15-7-14-42-4)21-27(26)22-35(41)39(24(2)3)29-8-6-13-37-23-29;/h9-10,18,20-21,24,28-29,37H,5-8,11-17,19,22-23H2,1-4H3,(H,38,40);1H/t29-;/m1./s1. The summed E-state index contributed by atoms with van der Waals surface area (Å²) in [5.74, 6) is 0.142. The van der Waals surface area contributed by atoms with Gasteiger partial charge < -0.3 is 29.7 Å². The number of hydrogen-bond donors (Lipinski definition) is 2. The summed E-state index contributed by atoms with van der Waals surface area (Å²) in [7, 11) is 1.65. The largest absolute Gasteiger partial charge is 0.493 e. The van der Waals surface area contributed by atoms with Crippen LogP contribution in [0.2, 0.25) is 0 Å². The first-order valence-electron chi connectivity index (χ1n) is 16.3. The minimum atomic E-state index is -0.387. The Kier molecular flexibility index (Phi) is 15.1. The average molecular weight is 648 g/mol. The van der Waals surface area contributed by atoms with Gasteiger partial charge in [0.25, 0.3) is 0 Å². The van der Waals surface area contributed by atoms with E-state index < -0.39 is 0 Å². The summed E-state index contributed by atoms with van der Waals surface area (Å²) in [6.45, 7) is 10.2. The molecule has 0 aliphatic carbocycles. The number of benzene rings is 2. The summed E-state index contributed by atoms with van der Waals surface area (Å²) in [5, 5.41) is 6.52. The van der Waals surface area contributed by atoms with Crippen molar-refractivity contribution in [2.75, 3.05) is 46.6 Å². The Hall–Kier alpha value is -2.72. The first-order chi connectivity index (χ1) is 21.3. The number of ether oxygens (including phenoxy) is 3. The van der Waals surface area contributed by atoms with Gasteiger partial charge in [0.2, 0.25) is 11.8 Å². The number of nitrogens with one attached hydrogen (secondary N) is 2. The van der Waals surface area contributed by atoms with E-state index in [0.29, 0.717) is 56.1 Å². The maximum atomic E-state index is 15.5. The number of halogens is 2. The highest BCUT2D eigenvalue weighted by atomic mass is 35.5. The lowest BCUT2D eigenvalue weighted by molar-refractivity contribution is -0.135. The molecule has 45 heavy (non-hydrogen) atoms. The Morgan fingerprint density at radius 2 is 1.84 bits per heavy atom. The predicted molar refractivity (Wildman–Crippen MR) is 178 cm³/mol. The Labute approximate surface area is 274 Å². The van der Waals surface area contributed by atoms with E-state index in [9.17, 15) is 9.59 Å². The van der Waals surface area contributed by atoms with E-state index in [0.717, 1.165) is 55.5 Å². The van der Waals surface area contributed by atoms with Crippen LogP contribution in [-0.2, 0) is 38.3 Å². The first-order valence-corrected chi connectivity index (χ1v) is 16.3. The van der Waals surface area contributed by atoms with Gasteiger partial charge in [-0.3, -0.25) is 9.59 Å². The lowest BCUT2D eigenvalue weighted by Gasteiger charge is -2.38. The van der Waals surface area contributed by atoms with E-state index in [1.807, 2.05) is 24.0 Å². The molecule has 2 heterocycles. The van der Waals surface area contributed by atoms with Crippen molar-refractivity contribution in [2.45, 2.75) is 90.3 Å². The van der Waals surface area contributed by atoms with E-state index in [2.05, 4.69) is 24.5 Å². The molecule has 0 unspecified atom stereocenters. The molecule has 4 rings (SSSR count). The molecule has 1 atom stereocenters. The molecular formula is C35H51ClFN3O5. The predicted octanol–water partition coefficient (Wildman–Crippen LogP) is 5.26. The van der Waals surface area contributed by atoms with Crippen LogP contribution in [0, 0.1) is 5.82 Å². The molecule has 2 N–H and O–H groups in total. The zero-order chi connectivity index (χ0) is 31.5. The Morgan fingerprint density at radius 1 is 1.07 bits per heavy atom. The highest BCUT2D eigenvalue weighted by Gasteiger charge is 2.28. The van der Waals surface area contributed by atoms with Crippen molar-refractivity contribution in [3.8, 4) is 16.9 Å². The van der Waals surface area contributed by atoms with Crippen LogP contribution in [0.5, 0.6) is 5.75 Å². The Balaban J connectivity index is 0.00000552. The zero-order valence-electron chi connectivity index (χ0n) is 27.3. The number of rotatable bonds is 14. The van der Waals surface area contributed by atoms with Crippen LogP contribution in [0.1, 0.15) is 69.6 Å². The van der Waals surface area contributed by atoms with Crippen molar-refractivity contribution in [1.82, 2.24) is 15.5 Å². The van der Waals surface area contributed by atoms with Crippen LogP contribution < -0.4 is 15.4 Å². The second kappa shape index (κ2) is 18.4. The second-order valence-electron chi connectivity index (χ2n) is 12.2. The molecule has 2 saturated heterocycles. The minimum Gasteiger partial charge on any atom is -0.493 e. The highest BCUT2D eigenvalue weighted by molar-refractivity contribution is 5.85. The fourth-order valence-electron chi connectivity index (χ4n) is 6.31. The first kappa shape index (κ1) is 36.7. The summed E-state index contributed by atoms with van der Waals surface area (Å²) >= 11 is 0. The molecule has 2 fully saturated rings. The van der Waals surface area contributed by atoms with Crippen LogP contribution in [0.3, 0.4) is 0 Å². The molecule has 8 nitrogen and oxygen atoms in total. The van der Waals surface area contributed by atoms with Gasteiger partial charge >= 0.3 is 0 Å². The van der Waals surface area contributed by atoms with Crippen molar-refractivity contribution < 1.29 is 28.2 Å². The van der Waals surface area contributed by atoms with Gasteiger partial charge in [-0.05, 0) is 93.5 Å². The van der Waals surface area contributed by atoms with Crippen LogP contribution in [0.15, 0.2) is 30.3 Å². The lowest BCUT2D eigenvalue weighted by atomic mass is 9.92. The van der Waals surface area contributed by atoms with Gasteiger partial charge in [0.1, 0.15) is 11.6 Å². The molecule has 0 radical (unpaired) electrons. The van der Waals surface area contributed by atoms with Crippen molar-refractivity contribution in [3.05, 3.63) is 52.8 Å². The molecule has 0 bridgehead atoms. The van der Waals surface area contributed by atoms with Crippen LogP contribution in [-0.4, -0.2) is 81.5 Å². The van der Waals surface area contributed by atoms with Gasteiger partial charge in [-0.25, -0.2) is 4.39 Å². The third kappa shape index (κ3) is 10.4. The molecular weight excluding hydrogens is 597 g/mol. The summed E-state index contributed by atoms with van der Waals surface area (Å²) < 4.78 is 32.3. The van der Waals surface area contributed by atoms with Gasteiger partial charge in [0.15, 0.2) is 0 Å². The summed E-state index contributed by atoms with van der Waals surface area (Å²) in [5.41, 5.74) is 3.60. The Bertz CT molecular complexity index is 1250. The fourth-order valence-corrected chi connectivity index (χ4v) is 6.31. The van der Waals surface area contributed by atoms with Crippen LogP contribution in [0.4, 0.5) is 4.39 Å². The molecule has 2 aliphatic heterocycles. The second-order valence-corrected chi connectivity index (χ2v) is 12.2. The number of carbonyl (C=O) groups excluding carboxylic acids is 2. The van der Waals surface area contributed by atoms with Crippen LogP contribution in [0.25, 0.3) is 11.1 Å².